The molecule has 0 saturated heterocycles. The summed E-state index contributed by atoms with van der Waals surface area (Å²) in [5.41, 5.74) is 1.37. The molecule has 5 nitrogen and oxygen atoms in total. The van der Waals surface area contributed by atoms with Gasteiger partial charge in [0.1, 0.15) is 0 Å². The molecule has 3 aromatic rings. The molecule has 0 fully saturated rings. The van der Waals surface area contributed by atoms with Gasteiger partial charge in [-0.15, -0.1) is 0 Å². The largest absolute Gasteiger partial charge is 0.449 e. The number of carbonyl (C=O) groups is 1. The van der Waals surface area contributed by atoms with Crippen LogP contribution in [-0.4, -0.2) is 16.1 Å². The van der Waals surface area contributed by atoms with Crippen molar-refractivity contribution in [1.82, 2.24) is 10.1 Å². The molecule has 0 aliphatic heterocycles. The van der Waals surface area contributed by atoms with Crippen LogP contribution < -0.4 is 0 Å². The molecule has 0 N–H and O–H groups in total. The first-order chi connectivity index (χ1) is 10.2. The average Bonchev–Trinajstić information content (AvgIpc) is 3.20. The number of nitrogens with zero attached hydrogens (tertiary/aromatic N) is 2. The minimum atomic E-state index is -0.595. The molecule has 2 heterocycles. The Hall–Kier alpha value is -2.47. The highest BCUT2D eigenvalue weighted by Gasteiger charge is 2.20. The highest BCUT2D eigenvalue weighted by molar-refractivity contribution is 7.08. The Morgan fingerprint density at radius 1 is 1.29 bits per heavy atom. The number of esters is 1. The normalized spacial score (nSPS) is 12.0. The molecule has 1 atom stereocenters. The van der Waals surface area contributed by atoms with Crippen LogP contribution in [0.4, 0.5) is 0 Å². The van der Waals surface area contributed by atoms with Crippen LogP contribution in [0.5, 0.6) is 0 Å². The van der Waals surface area contributed by atoms with Gasteiger partial charge in [-0.05, 0) is 18.4 Å². The Labute approximate surface area is 125 Å². The lowest BCUT2D eigenvalue weighted by Gasteiger charge is -2.07. The Kier molecular flexibility index (Phi) is 3.79. The maximum atomic E-state index is 11.9. The molecule has 0 amide bonds. The van der Waals surface area contributed by atoms with Crippen molar-refractivity contribution in [2.75, 3.05) is 0 Å². The average molecular weight is 300 g/mol. The van der Waals surface area contributed by atoms with Crippen molar-refractivity contribution in [2.24, 2.45) is 0 Å². The van der Waals surface area contributed by atoms with Crippen molar-refractivity contribution in [3.8, 4) is 11.4 Å². The Morgan fingerprint density at radius 2 is 2.10 bits per heavy atom. The van der Waals surface area contributed by atoms with Crippen molar-refractivity contribution in [2.45, 2.75) is 13.0 Å². The van der Waals surface area contributed by atoms with Gasteiger partial charge in [-0.2, -0.15) is 16.3 Å². The van der Waals surface area contributed by atoms with Crippen LogP contribution in [0.15, 0.2) is 51.7 Å². The monoisotopic (exact) mass is 300 g/mol. The first-order valence-electron chi connectivity index (χ1n) is 6.36. The molecule has 0 unspecified atom stereocenters. The summed E-state index contributed by atoms with van der Waals surface area (Å²) in [5, 5.41) is 7.46. The zero-order valence-electron chi connectivity index (χ0n) is 11.2. The second kappa shape index (κ2) is 5.88. The Balaban J connectivity index is 1.73. The first kappa shape index (κ1) is 13.5. The van der Waals surface area contributed by atoms with E-state index in [2.05, 4.69) is 10.1 Å². The number of hydrogen-bond acceptors (Lipinski definition) is 6. The number of rotatable bonds is 4. The number of aromatic nitrogens is 2. The van der Waals surface area contributed by atoms with Gasteiger partial charge in [-0.1, -0.05) is 35.5 Å². The van der Waals surface area contributed by atoms with E-state index in [1.54, 1.807) is 18.4 Å². The van der Waals surface area contributed by atoms with E-state index >= 15 is 0 Å². The van der Waals surface area contributed by atoms with Crippen molar-refractivity contribution >= 4 is 17.3 Å². The van der Waals surface area contributed by atoms with E-state index in [1.165, 1.54) is 11.3 Å². The van der Waals surface area contributed by atoms with E-state index < -0.39 is 12.1 Å². The van der Waals surface area contributed by atoms with Crippen LogP contribution in [0.3, 0.4) is 0 Å². The topological polar surface area (TPSA) is 65.2 Å². The summed E-state index contributed by atoms with van der Waals surface area (Å²) in [6.45, 7) is 1.70. The third kappa shape index (κ3) is 3.00. The molecule has 6 heteroatoms. The minimum absolute atomic E-state index is 0.275. The van der Waals surface area contributed by atoms with Gasteiger partial charge in [0.05, 0.1) is 5.56 Å². The van der Waals surface area contributed by atoms with Crippen molar-refractivity contribution in [3.63, 3.8) is 0 Å². The summed E-state index contributed by atoms with van der Waals surface area (Å²) in [5.74, 6) is 0.352. The van der Waals surface area contributed by atoms with Gasteiger partial charge in [0.2, 0.25) is 5.82 Å². The molecular formula is C15H12N2O3S. The standard InChI is InChI=1S/C15H12N2O3S/c1-10(19-15(18)12-7-8-21-9-12)14-16-13(17-20-14)11-5-3-2-4-6-11/h2-10H,1H3/t10-/m0/s1. The number of benzene rings is 1. The van der Waals surface area contributed by atoms with Crippen LogP contribution in [0.1, 0.15) is 29.3 Å². The van der Waals surface area contributed by atoms with Crippen LogP contribution in [-0.2, 0) is 4.74 Å². The van der Waals surface area contributed by atoms with Gasteiger partial charge in [0.15, 0.2) is 6.10 Å². The zero-order chi connectivity index (χ0) is 14.7. The maximum Gasteiger partial charge on any atom is 0.339 e. The smallest absolute Gasteiger partial charge is 0.339 e. The SMILES string of the molecule is C[C@H](OC(=O)c1ccsc1)c1nc(-c2ccccc2)no1. The van der Waals surface area contributed by atoms with Gasteiger partial charge >= 0.3 is 5.97 Å². The summed E-state index contributed by atoms with van der Waals surface area (Å²) in [4.78, 5) is 16.1. The van der Waals surface area contributed by atoms with Gasteiger partial charge in [-0.3, -0.25) is 0 Å². The first-order valence-corrected chi connectivity index (χ1v) is 7.30. The van der Waals surface area contributed by atoms with Gasteiger partial charge in [0, 0.05) is 10.9 Å². The van der Waals surface area contributed by atoms with Crippen molar-refractivity contribution < 1.29 is 14.1 Å². The second-order valence-electron chi connectivity index (χ2n) is 4.38. The molecule has 0 aliphatic carbocycles. The van der Waals surface area contributed by atoms with Crippen LogP contribution >= 0.6 is 11.3 Å². The molecule has 2 aromatic heterocycles. The number of thiophene rings is 1. The molecular weight excluding hydrogens is 288 g/mol. The summed E-state index contributed by atoms with van der Waals surface area (Å²) in [6.07, 6.45) is -0.595. The summed E-state index contributed by atoms with van der Waals surface area (Å²) < 4.78 is 10.5. The third-order valence-corrected chi connectivity index (χ3v) is 3.55. The fourth-order valence-corrected chi connectivity index (χ4v) is 2.39. The fraction of sp³-hybridized carbons (Fsp3) is 0.133. The molecule has 3 rings (SSSR count). The summed E-state index contributed by atoms with van der Waals surface area (Å²) in [6, 6.07) is 11.2. The van der Waals surface area contributed by atoms with E-state index in [9.17, 15) is 4.79 Å². The quantitative estimate of drug-likeness (QED) is 0.687. The highest BCUT2D eigenvalue weighted by atomic mass is 32.1. The Morgan fingerprint density at radius 3 is 2.81 bits per heavy atom. The van der Waals surface area contributed by atoms with Crippen LogP contribution in [0.25, 0.3) is 11.4 Å². The number of ether oxygens (including phenoxy) is 1. The molecule has 0 aliphatic rings. The van der Waals surface area contributed by atoms with Crippen LogP contribution in [0, 0.1) is 0 Å². The molecule has 0 bridgehead atoms. The maximum absolute atomic E-state index is 11.9. The molecule has 106 valence electrons. The van der Waals surface area contributed by atoms with E-state index in [0.29, 0.717) is 11.4 Å². The zero-order valence-corrected chi connectivity index (χ0v) is 12.0. The fourth-order valence-electron chi connectivity index (χ4n) is 1.76. The lowest BCUT2D eigenvalue weighted by molar-refractivity contribution is 0.0266. The third-order valence-electron chi connectivity index (χ3n) is 2.86. The highest BCUT2D eigenvalue weighted by Crippen LogP contribution is 2.21. The number of carbonyl (C=O) groups excluding carboxylic acids is 1. The second-order valence-corrected chi connectivity index (χ2v) is 5.16. The molecule has 1 aromatic carbocycles. The van der Waals surface area contributed by atoms with Crippen molar-refractivity contribution in [1.29, 1.82) is 0 Å². The predicted octanol–water partition coefficient (Wildman–Crippen LogP) is 3.72. The predicted molar refractivity (Wildman–Crippen MR) is 77.9 cm³/mol. The van der Waals surface area contributed by atoms with Gasteiger partial charge < -0.3 is 9.26 Å². The van der Waals surface area contributed by atoms with Crippen molar-refractivity contribution in [3.05, 3.63) is 58.6 Å². The van der Waals surface area contributed by atoms with Crippen LogP contribution in [0.2, 0.25) is 0 Å². The lowest BCUT2D eigenvalue weighted by Crippen LogP contribution is -2.08. The van der Waals surface area contributed by atoms with E-state index in [4.69, 9.17) is 9.26 Å². The summed E-state index contributed by atoms with van der Waals surface area (Å²) >= 11 is 1.44. The molecule has 0 radical (unpaired) electrons. The lowest BCUT2D eigenvalue weighted by atomic mass is 10.2. The van der Waals surface area contributed by atoms with Gasteiger partial charge in [-0.25, -0.2) is 4.79 Å². The molecule has 21 heavy (non-hydrogen) atoms. The molecule has 0 spiro atoms. The Bertz CT molecular complexity index is 722. The van der Waals surface area contributed by atoms with Gasteiger partial charge in [0.25, 0.3) is 5.89 Å². The van der Waals surface area contributed by atoms with E-state index in [-0.39, 0.29) is 5.89 Å². The van der Waals surface area contributed by atoms with E-state index in [1.807, 2.05) is 35.7 Å². The minimum Gasteiger partial charge on any atom is -0.449 e. The van der Waals surface area contributed by atoms with E-state index in [0.717, 1.165) is 5.56 Å². The summed E-state index contributed by atoms with van der Waals surface area (Å²) in [7, 11) is 0. The molecule has 0 saturated carbocycles. The number of hydrogen-bond donors (Lipinski definition) is 0.